The van der Waals surface area contributed by atoms with E-state index in [1.165, 1.54) is 17.7 Å². The Morgan fingerprint density at radius 1 is 1.15 bits per heavy atom. The smallest absolute Gasteiger partial charge is 0.138 e. The van der Waals surface area contributed by atoms with E-state index in [4.69, 9.17) is 0 Å². The molecule has 1 aliphatic rings. The molecule has 2 N–H and O–H groups in total. The van der Waals surface area contributed by atoms with Gasteiger partial charge >= 0.3 is 0 Å². The van der Waals surface area contributed by atoms with Gasteiger partial charge in [0, 0.05) is 6.42 Å². The van der Waals surface area contributed by atoms with Crippen LogP contribution in [0.2, 0.25) is 0 Å². The number of nitrogens with one attached hydrogen (secondary N) is 1. The third kappa shape index (κ3) is 3.62. The van der Waals surface area contributed by atoms with Gasteiger partial charge in [0.2, 0.25) is 0 Å². The topological polar surface area (TPSA) is 24.7 Å². The summed E-state index contributed by atoms with van der Waals surface area (Å²) in [6, 6.07) is 10.1. The van der Waals surface area contributed by atoms with Gasteiger partial charge in [-0.15, -0.1) is 0 Å². The lowest BCUT2D eigenvalue weighted by molar-refractivity contribution is -0.850. The first-order valence-corrected chi connectivity index (χ1v) is 7.65. The molecule has 0 spiro atoms. The number of benzene rings is 1. The van der Waals surface area contributed by atoms with Crippen LogP contribution in [0.1, 0.15) is 37.7 Å². The first-order valence-electron chi connectivity index (χ1n) is 7.65. The van der Waals surface area contributed by atoms with Crippen molar-refractivity contribution >= 4 is 0 Å². The van der Waals surface area contributed by atoms with Crippen molar-refractivity contribution in [1.29, 1.82) is 0 Å². The summed E-state index contributed by atoms with van der Waals surface area (Å²) in [5.41, 5.74) is 0.255. The lowest BCUT2D eigenvalue weighted by atomic mass is 9.78. The Morgan fingerprint density at radius 2 is 1.80 bits per heavy atom. The molecule has 1 fully saturated rings. The van der Waals surface area contributed by atoms with Crippen LogP contribution in [0.5, 0.6) is 0 Å². The van der Waals surface area contributed by atoms with Gasteiger partial charge < -0.3 is 10.0 Å². The number of aliphatic hydroxyl groups is 1. The quantitative estimate of drug-likeness (QED) is 0.800. The second-order valence-corrected chi connectivity index (χ2v) is 6.19. The van der Waals surface area contributed by atoms with E-state index in [1.54, 1.807) is 0 Å². The van der Waals surface area contributed by atoms with Crippen molar-refractivity contribution in [1.82, 2.24) is 0 Å². The molecule has 0 saturated heterocycles. The fourth-order valence-corrected chi connectivity index (χ4v) is 3.05. The molecule has 108 valence electrons. The van der Waals surface area contributed by atoms with Crippen molar-refractivity contribution in [2.45, 2.75) is 37.7 Å². The lowest BCUT2D eigenvalue weighted by Gasteiger charge is -2.33. The van der Waals surface area contributed by atoms with Gasteiger partial charge in [0.1, 0.15) is 12.1 Å². The van der Waals surface area contributed by atoms with E-state index in [2.05, 4.69) is 25.9 Å². The minimum absolute atomic E-state index is 0.353. The summed E-state index contributed by atoms with van der Waals surface area (Å²) in [4.78, 5) is 1.32. The summed E-state index contributed by atoms with van der Waals surface area (Å²) in [5.74, 6) is 6.75. The molecule has 1 unspecified atom stereocenters. The zero-order valence-corrected chi connectivity index (χ0v) is 12.7. The Bertz CT molecular complexity index is 465. The van der Waals surface area contributed by atoms with Crippen LogP contribution in [0.25, 0.3) is 0 Å². The van der Waals surface area contributed by atoms with Crippen molar-refractivity contribution in [2.75, 3.05) is 20.6 Å². The van der Waals surface area contributed by atoms with Gasteiger partial charge in [0.05, 0.1) is 14.1 Å². The SMILES string of the molecule is C[NH+](C)CC#CCC(O)(c1ccccc1)C1CCCC1. The fraction of sp³-hybridized carbons (Fsp3) is 0.556. The van der Waals surface area contributed by atoms with Gasteiger partial charge in [0.25, 0.3) is 0 Å². The third-order valence-corrected chi connectivity index (χ3v) is 4.23. The number of hydrogen-bond donors (Lipinski definition) is 2. The minimum atomic E-state index is -0.771. The molecule has 1 aromatic carbocycles. The molecule has 1 aromatic rings. The Hall–Kier alpha value is -1.30. The molecule has 0 radical (unpaired) electrons. The Kier molecular flexibility index (Phi) is 5.23. The van der Waals surface area contributed by atoms with E-state index >= 15 is 0 Å². The van der Waals surface area contributed by atoms with E-state index in [9.17, 15) is 5.11 Å². The number of hydrogen-bond acceptors (Lipinski definition) is 1. The fourth-order valence-electron chi connectivity index (χ4n) is 3.05. The van der Waals surface area contributed by atoms with Crippen LogP contribution in [0, 0.1) is 17.8 Å². The number of rotatable bonds is 4. The highest BCUT2D eigenvalue weighted by Gasteiger charge is 2.39. The monoisotopic (exact) mass is 272 g/mol. The molecule has 2 heteroatoms. The molecule has 0 aliphatic heterocycles. The van der Waals surface area contributed by atoms with Crippen LogP contribution in [-0.2, 0) is 5.60 Å². The Labute approximate surface area is 122 Å². The van der Waals surface area contributed by atoms with Crippen molar-refractivity contribution in [2.24, 2.45) is 5.92 Å². The van der Waals surface area contributed by atoms with E-state index in [0.29, 0.717) is 12.3 Å². The first-order chi connectivity index (χ1) is 9.63. The van der Waals surface area contributed by atoms with Gasteiger partial charge in [-0.2, -0.15) is 0 Å². The van der Waals surface area contributed by atoms with Gasteiger partial charge in [-0.3, -0.25) is 0 Å². The molecule has 1 aliphatic carbocycles. The molecule has 2 rings (SSSR count). The van der Waals surface area contributed by atoms with Crippen molar-refractivity contribution in [3.63, 3.8) is 0 Å². The van der Waals surface area contributed by atoms with Crippen LogP contribution in [0.15, 0.2) is 30.3 Å². The Morgan fingerprint density at radius 3 is 2.40 bits per heavy atom. The van der Waals surface area contributed by atoms with E-state index < -0.39 is 5.60 Å². The van der Waals surface area contributed by atoms with Crippen LogP contribution in [0.4, 0.5) is 0 Å². The molecule has 2 nitrogen and oxygen atoms in total. The summed E-state index contributed by atoms with van der Waals surface area (Å²) < 4.78 is 0. The number of quaternary nitrogens is 1. The average molecular weight is 272 g/mol. The summed E-state index contributed by atoms with van der Waals surface area (Å²) in [5, 5.41) is 11.2. The molecule has 0 heterocycles. The first kappa shape index (κ1) is 15.1. The predicted molar refractivity (Wildman–Crippen MR) is 82.4 cm³/mol. The lowest BCUT2D eigenvalue weighted by Crippen LogP contribution is -3.05. The van der Waals surface area contributed by atoms with Crippen LogP contribution in [-0.4, -0.2) is 25.7 Å². The van der Waals surface area contributed by atoms with Gasteiger partial charge in [-0.1, -0.05) is 49.1 Å². The van der Waals surface area contributed by atoms with E-state index in [-0.39, 0.29) is 0 Å². The summed E-state index contributed by atoms with van der Waals surface area (Å²) in [6.45, 7) is 0.829. The molecule has 20 heavy (non-hydrogen) atoms. The maximum Gasteiger partial charge on any atom is 0.138 e. The second kappa shape index (κ2) is 6.92. The zero-order chi connectivity index (χ0) is 14.4. The molecule has 0 bridgehead atoms. The normalized spacial score (nSPS) is 18.6. The molecule has 0 aromatic heterocycles. The van der Waals surface area contributed by atoms with Gasteiger partial charge in [-0.25, -0.2) is 0 Å². The maximum absolute atomic E-state index is 11.2. The molecule has 0 amide bonds. The van der Waals surface area contributed by atoms with Crippen molar-refractivity contribution < 1.29 is 10.0 Å². The van der Waals surface area contributed by atoms with Crippen LogP contribution < -0.4 is 4.90 Å². The summed E-state index contributed by atoms with van der Waals surface area (Å²) >= 11 is 0. The highest BCUT2D eigenvalue weighted by atomic mass is 16.3. The highest BCUT2D eigenvalue weighted by Crippen LogP contribution is 2.42. The summed E-state index contributed by atoms with van der Waals surface area (Å²) in [7, 11) is 4.18. The maximum atomic E-state index is 11.2. The van der Waals surface area contributed by atoms with E-state index in [0.717, 1.165) is 24.9 Å². The van der Waals surface area contributed by atoms with Crippen LogP contribution in [0.3, 0.4) is 0 Å². The summed E-state index contributed by atoms with van der Waals surface area (Å²) in [6.07, 6.45) is 5.25. The molecule has 1 atom stereocenters. The molecular weight excluding hydrogens is 246 g/mol. The third-order valence-electron chi connectivity index (χ3n) is 4.23. The van der Waals surface area contributed by atoms with Crippen molar-refractivity contribution in [3.8, 4) is 11.8 Å². The molecule has 1 saturated carbocycles. The van der Waals surface area contributed by atoms with Gasteiger partial charge in [0.15, 0.2) is 0 Å². The largest absolute Gasteiger partial charge is 0.384 e. The van der Waals surface area contributed by atoms with Crippen molar-refractivity contribution in [3.05, 3.63) is 35.9 Å². The zero-order valence-electron chi connectivity index (χ0n) is 12.7. The van der Waals surface area contributed by atoms with Crippen LogP contribution >= 0.6 is 0 Å². The van der Waals surface area contributed by atoms with Gasteiger partial charge in [-0.05, 0) is 30.2 Å². The average Bonchev–Trinajstić information content (AvgIpc) is 2.99. The second-order valence-electron chi connectivity index (χ2n) is 6.19. The highest BCUT2D eigenvalue weighted by molar-refractivity contribution is 5.26. The van der Waals surface area contributed by atoms with E-state index in [1.807, 2.05) is 30.3 Å². The Balaban J connectivity index is 2.17. The predicted octanol–water partition coefficient (Wildman–Crippen LogP) is 1.60. The minimum Gasteiger partial charge on any atom is -0.384 e. The molecular formula is C18H26NO+. The standard InChI is InChI=1S/C18H25NO/c1-19(2)15-9-8-14-18(20,17-12-6-7-13-17)16-10-4-3-5-11-16/h3-5,10-11,17,20H,6-7,12-15H2,1-2H3/p+1.